The third kappa shape index (κ3) is 1.50. The Balaban J connectivity index is 1.90. The highest BCUT2D eigenvalue weighted by molar-refractivity contribution is 7.92. The van der Waals surface area contributed by atoms with Crippen molar-refractivity contribution in [1.82, 2.24) is 5.32 Å². The summed E-state index contributed by atoms with van der Waals surface area (Å²) in [6, 6.07) is 0. The molecule has 1 saturated carbocycles. The number of nitrogens with one attached hydrogen (secondary N) is 1. The molecule has 0 amide bonds. The molecule has 0 spiro atoms. The van der Waals surface area contributed by atoms with Gasteiger partial charge in [-0.25, -0.2) is 8.42 Å². The lowest BCUT2D eigenvalue weighted by Gasteiger charge is -2.31. The summed E-state index contributed by atoms with van der Waals surface area (Å²) in [5.74, 6) is 0.926. The van der Waals surface area contributed by atoms with Crippen LogP contribution in [0.4, 0.5) is 0 Å². The van der Waals surface area contributed by atoms with E-state index in [9.17, 15) is 8.42 Å². The minimum absolute atomic E-state index is 0.0712. The fourth-order valence-electron chi connectivity index (χ4n) is 1.64. The van der Waals surface area contributed by atoms with Gasteiger partial charge >= 0.3 is 0 Å². The Bertz CT molecular complexity index is 252. The van der Waals surface area contributed by atoms with Crippen molar-refractivity contribution in [2.75, 3.05) is 18.8 Å². The lowest BCUT2D eigenvalue weighted by molar-refractivity contribution is 0.344. The molecule has 0 aromatic heterocycles. The van der Waals surface area contributed by atoms with E-state index in [0.717, 1.165) is 12.8 Å². The second kappa shape index (κ2) is 3.00. The van der Waals surface area contributed by atoms with Crippen molar-refractivity contribution in [2.45, 2.75) is 24.5 Å². The molecule has 0 atom stereocenters. The number of hydrogen-bond acceptors (Lipinski definition) is 3. The van der Waals surface area contributed by atoms with E-state index in [4.69, 9.17) is 0 Å². The summed E-state index contributed by atoms with van der Waals surface area (Å²) < 4.78 is 23.2. The van der Waals surface area contributed by atoms with Crippen LogP contribution >= 0.6 is 0 Å². The highest BCUT2D eigenvalue weighted by Crippen LogP contribution is 2.29. The van der Waals surface area contributed by atoms with Crippen LogP contribution in [0, 0.1) is 5.92 Å². The zero-order valence-corrected chi connectivity index (χ0v) is 7.94. The van der Waals surface area contributed by atoms with Crippen LogP contribution in [0.15, 0.2) is 0 Å². The van der Waals surface area contributed by atoms with E-state index in [2.05, 4.69) is 5.32 Å². The van der Waals surface area contributed by atoms with Gasteiger partial charge in [-0.15, -0.1) is 0 Å². The van der Waals surface area contributed by atoms with Gasteiger partial charge in [0.15, 0.2) is 9.84 Å². The molecule has 1 aliphatic carbocycles. The summed E-state index contributed by atoms with van der Waals surface area (Å²) in [6.07, 6.45) is 3.47. The van der Waals surface area contributed by atoms with Crippen LogP contribution in [-0.2, 0) is 9.84 Å². The number of hydrogen-bond donors (Lipinski definition) is 1. The van der Waals surface area contributed by atoms with Crippen LogP contribution in [0.25, 0.3) is 0 Å². The predicted molar refractivity (Wildman–Crippen MR) is 47.8 cm³/mol. The van der Waals surface area contributed by atoms with Gasteiger partial charge in [0.1, 0.15) is 0 Å². The molecule has 1 N–H and O–H groups in total. The lowest BCUT2D eigenvalue weighted by Crippen LogP contribution is -2.52. The van der Waals surface area contributed by atoms with Gasteiger partial charge in [0.25, 0.3) is 0 Å². The molecular weight excluding hydrogens is 174 g/mol. The van der Waals surface area contributed by atoms with Gasteiger partial charge in [-0.3, -0.25) is 0 Å². The maximum atomic E-state index is 11.6. The van der Waals surface area contributed by atoms with Crippen LogP contribution in [0.3, 0.4) is 0 Å². The van der Waals surface area contributed by atoms with E-state index in [1.54, 1.807) is 0 Å². The van der Waals surface area contributed by atoms with Crippen LogP contribution < -0.4 is 5.32 Å². The maximum absolute atomic E-state index is 11.6. The van der Waals surface area contributed by atoms with Crippen LogP contribution in [-0.4, -0.2) is 32.5 Å². The lowest BCUT2D eigenvalue weighted by atomic mass is 9.87. The molecule has 3 nitrogen and oxygen atoms in total. The molecule has 0 aromatic rings. The van der Waals surface area contributed by atoms with E-state index >= 15 is 0 Å². The standard InChI is InChI=1S/C8H15NO2S/c10-12(11,8-4-9-5-8)6-7-2-1-3-7/h7-9H,1-6H2. The van der Waals surface area contributed by atoms with Crippen LogP contribution in [0.1, 0.15) is 19.3 Å². The summed E-state index contributed by atoms with van der Waals surface area (Å²) in [5, 5.41) is 2.93. The molecule has 1 heterocycles. The molecular formula is C8H15NO2S. The molecule has 1 aliphatic heterocycles. The van der Waals surface area contributed by atoms with Gasteiger partial charge in [-0.05, 0) is 18.8 Å². The van der Waals surface area contributed by atoms with Crippen molar-refractivity contribution < 1.29 is 8.42 Å². The molecule has 2 fully saturated rings. The summed E-state index contributed by atoms with van der Waals surface area (Å²) >= 11 is 0. The van der Waals surface area contributed by atoms with Gasteiger partial charge in [-0.1, -0.05) is 6.42 Å². The first kappa shape index (κ1) is 8.51. The summed E-state index contributed by atoms with van der Waals surface area (Å²) in [7, 11) is -2.75. The largest absolute Gasteiger partial charge is 0.314 e. The average Bonchev–Trinajstić information content (AvgIpc) is 1.73. The zero-order chi connectivity index (χ0) is 8.60. The Morgan fingerprint density at radius 1 is 1.25 bits per heavy atom. The molecule has 1 saturated heterocycles. The summed E-state index contributed by atoms with van der Waals surface area (Å²) in [4.78, 5) is 0. The molecule has 12 heavy (non-hydrogen) atoms. The number of rotatable bonds is 3. The molecule has 0 aromatic carbocycles. The Kier molecular flexibility index (Phi) is 2.12. The van der Waals surface area contributed by atoms with Gasteiger partial charge in [-0.2, -0.15) is 0 Å². The minimum Gasteiger partial charge on any atom is -0.314 e. The highest BCUT2D eigenvalue weighted by atomic mass is 32.2. The van der Waals surface area contributed by atoms with Gasteiger partial charge in [0.05, 0.1) is 11.0 Å². The Hall–Kier alpha value is -0.0900. The molecule has 2 aliphatic rings. The molecule has 0 radical (unpaired) electrons. The first-order valence-electron chi connectivity index (χ1n) is 4.61. The van der Waals surface area contributed by atoms with E-state index in [-0.39, 0.29) is 5.25 Å². The fourth-order valence-corrected chi connectivity index (χ4v) is 3.65. The van der Waals surface area contributed by atoms with Gasteiger partial charge in [0.2, 0.25) is 0 Å². The predicted octanol–water partition coefficient (Wildman–Crippen LogP) is 0.173. The van der Waals surface area contributed by atoms with Crippen molar-refractivity contribution in [3.63, 3.8) is 0 Å². The van der Waals surface area contributed by atoms with Crippen molar-refractivity contribution >= 4 is 9.84 Å². The first-order valence-corrected chi connectivity index (χ1v) is 6.32. The molecule has 0 bridgehead atoms. The molecule has 70 valence electrons. The summed E-state index contributed by atoms with van der Waals surface area (Å²) in [6.45, 7) is 1.35. The average molecular weight is 189 g/mol. The van der Waals surface area contributed by atoms with Crippen LogP contribution in [0.5, 0.6) is 0 Å². The van der Waals surface area contributed by atoms with E-state index in [0.29, 0.717) is 24.8 Å². The van der Waals surface area contributed by atoms with Crippen molar-refractivity contribution in [1.29, 1.82) is 0 Å². The third-order valence-corrected chi connectivity index (χ3v) is 5.23. The smallest absolute Gasteiger partial charge is 0.155 e. The fraction of sp³-hybridized carbons (Fsp3) is 1.00. The normalized spacial score (nSPS) is 26.3. The van der Waals surface area contributed by atoms with Crippen molar-refractivity contribution in [2.24, 2.45) is 5.92 Å². The van der Waals surface area contributed by atoms with Crippen LogP contribution in [0.2, 0.25) is 0 Å². The second-order valence-corrected chi connectivity index (χ2v) is 6.23. The van der Waals surface area contributed by atoms with Crippen molar-refractivity contribution in [3.8, 4) is 0 Å². The SMILES string of the molecule is O=S(=O)(CC1CCC1)C1CNC1. The Labute approximate surface area is 73.5 Å². The Morgan fingerprint density at radius 3 is 2.25 bits per heavy atom. The quantitative estimate of drug-likeness (QED) is 0.688. The first-order chi connectivity index (χ1) is 5.68. The topological polar surface area (TPSA) is 46.2 Å². The van der Waals surface area contributed by atoms with Gasteiger partial charge in [0, 0.05) is 13.1 Å². The number of sulfone groups is 1. The highest BCUT2D eigenvalue weighted by Gasteiger charge is 2.34. The maximum Gasteiger partial charge on any atom is 0.155 e. The van der Waals surface area contributed by atoms with Crippen molar-refractivity contribution in [3.05, 3.63) is 0 Å². The minimum atomic E-state index is -2.75. The Morgan fingerprint density at radius 2 is 1.92 bits per heavy atom. The third-order valence-electron chi connectivity index (χ3n) is 2.94. The van der Waals surface area contributed by atoms with Gasteiger partial charge < -0.3 is 5.32 Å². The van der Waals surface area contributed by atoms with E-state index < -0.39 is 9.84 Å². The van der Waals surface area contributed by atoms with E-state index in [1.165, 1.54) is 6.42 Å². The zero-order valence-electron chi connectivity index (χ0n) is 7.12. The molecule has 0 unspecified atom stereocenters. The second-order valence-electron chi connectivity index (χ2n) is 3.91. The summed E-state index contributed by atoms with van der Waals surface area (Å²) in [5.41, 5.74) is 0. The molecule has 4 heteroatoms. The van der Waals surface area contributed by atoms with E-state index in [1.807, 2.05) is 0 Å². The molecule has 2 rings (SSSR count). The monoisotopic (exact) mass is 189 g/mol.